The lowest BCUT2D eigenvalue weighted by atomic mass is 10.2. The Morgan fingerprint density at radius 3 is 2.64 bits per heavy atom. The van der Waals surface area contributed by atoms with Gasteiger partial charge in [-0.05, 0) is 24.3 Å². The summed E-state index contributed by atoms with van der Waals surface area (Å²) in [4.78, 5) is 35.2. The van der Waals surface area contributed by atoms with Crippen LogP contribution in [0, 0.1) is 0 Å². The lowest BCUT2D eigenvalue weighted by Gasteiger charge is -2.07. The Morgan fingerprint density at radius 1 is 1.20 bits per heavy atom. The normalized spacial score (nSPS) is 10.6. The molecular weight excluding hydrogens is 326 g/mol. The van der Waals surface area contributed by atoms with E-state index in [1.807, 2.05) is 0 Å². The number of amides is 1. The van der Waals surface area contributed by atoms with Crippen LogP contribution in [0.2, 0.25) is 0 Å². The first-order valence-electron chi connectivity index (χ1n) is 7.41. The van der Waals surface area contributed by atoms with Gasteiger partial charge in [-0.15, -0.1) is 0 Å². The molecule has 0 radical (unpaired) electrons. The van der Waals surface area contributed by atoms with Crippen molar-refractivity contribution in [2.45, 2.75) is 13.0 Å². The number of anilines is 1. The smallest absolute Gasteiger partial charge is 0.335 e. The Balaban J connectivity index is 1.63. The molecule has 0 aliphatic rings. The number of benzene rings is 1. The van der Waals surface area contributed by atoms with Gasteiger partial charge in [-0.3, -0.25) is 4.79 Å². The first kappa shape index (κ1) is 16.4. The molecule has 3 aromatic rings. The van der Waals surface area contributed by atoms with Gasteiger partial charge in [0.1, 0.15) is 6.33 Å². The first-order valence-corrected chi connectivity index (χ1v) is 7.41. The molecule has 0 bridgehead atoms. The van der Waals surface area contributed by atoms with Crippen molar-refractivity contribution in [1.29, 1.82) is 0 Å². The minimum Gasteiger partial charge on any atom is -0.479 e. The number of carbonyl (C=O) groups is 2. The van der Waals surface area contributed by atoms with Crippen LogP contribution in [0.1, 0.15) is 16.8 Å². The van der Waals surface area contributed by atoms with Crippen molar-refractivity contribution in [3.63, 3.8) is 0 Å². The third-order valence-electron chi connectivity index (χ3n) is 3.56. The SMILES string of the molecule is COc1ncnc2c1ncn2CCC(=O)Nc1ccc(C(=O)O)cc1. The minimum atomic E-state index is -1.01. The Bertz CT molecular complexity index is 920. The number of aryl methyl sites for hydroxylation is 1. The molecule has 25 heavy (non-hydrogen) atoms. The fraction of sp³-hybridized carbons (Fsp3) is 0.188. The number of rotatable bonds is 6. The van der Waals surface area contributed by atoms with Gasteiger partial charge in [0.05, 0.1) is 19.0 Å². The van der Waals surface area contributed by atoms with Gasteiger partial charge in [0.25, 0.3) is 0 Å². The summed E-state index contributed by atoms with van der Waals surface area (Å²) in [6.07, 6.45) is 3.17. The van der Waals surface area contributed by atoms with E-state index in [2.05, 4.69) is 20.3 Å². The highest BCUT2D eigenvalue weighted by Crippen LogP contribution is 2.19. The summed E-state index contributed by atoms with van der Waals surface area (Å²) in [5.41, 5.74) is 1.83. The molecule has 0 unspecified atom stereocenters. The van der Waals surface area contributed by atoms with E-state index in [-0.39, 0.29) is 17.9 Å². The second-order valence-electron chi connectivity index (χ2n) is 5.17. The highest BCUT2D eigenvalue weighted by atomic mass is 16.5. The number of hydrogen-bond donors (Lipinski definition) is 2. The summed E-state index contributed by atoms with van der Waals surface area (Å²) in [6, 6.07) is 5.97. The zero-order valence-electron chi connectivity index (χ0n) is 13.3. The lowest BCUT2D eigenvalue weighted by Crippen LogP contribution is -2.14. The van der Waals surface area contributed by atoms with Gasteiger partial charge >= 0.3 is 5.97 Å². The molecule has 0 atom stereocenters. The van der Waals surface area contributed by atoms with Crippen molar-refractivity contribution in [2.24, 2.45) is 0 Å². The van der Waals surface area contributed by atoms with Gasteiger partial charge in [0, 0.05) is 18.7 Å². The maximum atomic E-state index is 12.1. The highest BCUT2D eigenvalue weighted by Gasteiger charge is 2.11. The van der Waals surface area contributed by atoms with Crippen LogP contribution in [-0.4, -0.2) is 43.6 Å². The molecule has 3 rings (SSSR count). The fourth-order valence-electron chi connectivity index (χ4n) is 2.31. The lowest BCUT2D eigenvalue weighted by molar-refractivity contribution is -0.116. The molecule has 9 nitrogen and oxygen atoms in total. The second kappa shape index (κ2) is 6.95. The van der Waals surface area contributed by atoms with Crippen molar-refractivity contribution in [3.05, 3.63) is 42.5 Å². The Labute approximate surface area is 142 Å². The molecule has 2 aromatic heterocycles. The maximum absolute atomic E-state index is 12.1. The second-order valence-corrected chi connectivity index (χ2v) is 5.17. The van der Waals surface area contributed by atoms with Crippen molar-refractivity contribution < 1.29 is 19.4 Å². The van der Waals surface area contributed by atoms with Gasteiger partial charge in [-0.2, -0.15) is 4.98 Å². The Morgan fingerprint density at radius 2 is 1.96 bits per heavy atom. The van der Waals surface area contributed by atoms with Gasteiger partial charge in [0.15, 0.2) is 11.2 Å². The van der Waals surface area contributed by atoms with E-state index < -0.39 is 5.97 Å². The maximum Gasteiger partial charge on any atom is 0.335 e. The predicted molar refractivity (Wildman–Crippen MR) is 88.5 cm³/mol. The van der Waals surface area contributed by atoms with Crippen LogP contribution in [0.3, 0.4) is 0 Å². The highest BCUT2D eigenvalue weighted by molar-refractivity contribution is 5.92. The molecule has 0 aliphatic heterocycles. The number of ether oxygens (including phenoxy) is 1. The van der Waals surface area contributed by atoms with Crippen molar-refractivity contribution in [3.8, 4) is 5.88 Å². The number of fused-ring (bicyclic) bond motifs is 1. The number of carboxylic acids is 1. The molecule has 2 heterocycles. The molecule has 0 aliphatic carbocycles. The number of carboxylic acid groups (broad SMARTS) is 1. The minimum absolute atomic E-state index is 0.163. The number of carbonyl (C=O) groups excluding carboxylic acids is 1. The van der Waals surface area contributed by atoms with Crippen LogP contribution in [0.4, 0.5) is 5.69 Å². The number of methoxy groups -OCH3 is 1. The fourth-order valence-corrected chi connectivity index (χ4v) is 2.31. The summed E-state index contributed by atoms with van der Waals surface area (Å²) >= 11 is 0. The first-order chi connectivity index (χ1) is 12.1. The van der Waals surface area contributed by atoms with E-state index in [1.165, 1.54) is 25.6 Å². The zero-order valence-corrected chi connectivity index (χ0v) is 13.3. The van der Waals surface area contributed by atoms with Crippen LogP contribution in [0.15, 0.2) is 36.9 Å². The molecular formula is C16H15N5O4. The molecule has 0 spiro atoms. The number of hydrogen-bond acceptors (Lipinski definition) is 6. The Hall–Kier alpha value is -3.49. The van der Waals surface area contributed by atoms with E-state index in [4.69, 9.17) is 9.84 Å². The van der Waals surface area contributed by atoms with E-state index in [0.29, 0.717) is 29.3 Å². The van der Waals surface area contributed by atoms with E-state index in [0.717, 1.165) is 0 Å². The van der Waals surface area contributed by atoms with E-state index in [9.17, 15) is 9.59 Å². The molecule has 1 aromatic carbocycles. The summed E-state index contributed by atoms with van der Waals surface area (Å²) in [7, 11) is 1.50. The zero-order chi connectivity index (χ0) is 17.8. The van der Waals surface area contributed by atoms with Gasteiger partial charge in [-0.25, -0.2) is 14.8 Å². The molecule has 1 amide bonds. The Kier molecular flexibility index (Phi) is 4.55. The van der Waals surface area contributed by atoms with Crippen LogP contribution in [0.25, 0.3) is 11.2 Å². The molecule has 0 fully saturated rings. The topological polar surface area (TPSA) is 119 Å². The molecule has 0 saturated carbocycles. The third-order valence-corrected chi connectivity index (χ3v) is 3.56. The average Bonchev–Trinajstić information content (AvgIpc) is 3.03. The largest absolute Gasteiger partial charge is 0.479 e. The average molecular weight is 341 g/mol. The van der Waals surface area contributed by atoms with Crippen LogP contribution < -0.4 is 10.1 Å². The number of imidazole rings is 1. The van der Waals surface area contributed by atoms with Crippen molar-refractivity contribution >= 4 is 28.7 Å². The monoisotopic (exact) mass is 341 g/mol. The predicted octanol–water partition coefficient (Wildman–Crippen LogP) is 1.56. The number of nitrogens with zero attached hydrogens (tertiary/aromatic N) is 4. The van der Waals surface area contributed by atoms with Crippen LogP contribution in [-0.2, 0) is 11.3 Å². The summed E-state index contributed by atoms with van der Waals surface area (Å²) in [6.45, 7) is 0.385. The molecule has 128 valence electrons. The number of aromatic nitrogens is 4. The number of aromatic carboxylic acids is 1. The molecule has 0 saturated heterocycles. The quantitative estimate of drug-likeness (QED) is 0.698. The summed E-state index contributed by atoms with van der Waals surface area (Å²) in [5, 5.41) is 11.6. The van der Waals surface area contributed by atoms with E-state index >= 15 is 0 Å². The van der Waals surface area contributed by atoms with Gasteiger partial charge in [0.2, 0.25) is 11.8 Å². The van der Waals surface area contributed by atoms with Crippen LogP contribution >= 0.6 is 0 Å². The van der Waals surface area contributed by atoms with Gasteiger partial charge < -0.3 is 19.7 Å². The van der Waals surface area contributed by atoms with E-state index in [1.54, 1.807) is 23.0 Å². The number of nitrogens with one attached hydrogen (secondary N) is 1. The van der Waals surface area contributed by atoms with Crippen LogP contribution in [0.5, 0.6) is 5.88 Å². The third kappa shape index (κ3) is 3.55. The summed E-state index contributed by atoms with van der Waals surface area (Å²) < 4.78 is 6.87. The molecule has 2 N–H and O–H groups in total. The van der Waals surface area contributed by atoms with Crippen molar-refractivity contribution in [1.82, 2.24) is 19.5 Å². The molecule has 9 heteroatoms. The standard InChI is InChI=1S/C16H15N5O4/c1-25-15-13-14(17-8-18-15)21(9-19-13)7-6-12(22)20-11-4-2-10(3-5-11)16(23)24/h2-5,8-9H,6-7H2,1H3,(H,20,22)(H,23,24). The van der Waals surface area contributed by atoms with Crippen molar-refractivity contribution in [2.75, 3.05) is 12.4 Å². The summed E-state index contributed by atoms with van der Waals surface area (Å²) in [5.74, 6) is -0.833. The van der Waals surface area contributed by atoms with Gasteiger partial charge in [-0.1, -0.05) is 0 Å².